The largest absolute Gasteiger partial charge is 0.378 e. The fourth-order valence-electron chi connectivity index (χ4n) is 2.46. The van der Waals surface area contributed by atoms with Gasteiger partial charge in [-0.3, -0.25) is 14.0 Å². The monoisotopic (exact) mass is 288 g/mol. The maximum atomic E-state index is 12.4. The number of ether oxygens (including phenoxy) is 1. The number of fused-ring (bicyclic) bond motifs is 1. The van der Waals surface area contributed by atoms with E-state index in [1.807, 2.05) is 6.07 Å². The molecule has 3 rings (SSSR count). The number of carbonyl (C=O) groups is 1. The van der Waals surface area contributed by atoms with E-state index in [1.54, 1.807) is 19.2 Å². The SMILES string of the molecule is Cc1c(C(N)=O)nc2ccc(N3CCOCC3)cn2c1=O. The lowest BCUT2D eigenvalue weighted by Gasteiger charge is -2.28. The Kier molecular flexibility index (Phi) is 3.34. The number of carbonyl (C=O) groups excluding carboxylic acids is 1. The van der Waals surface area contributed by atoms with Gasteiger partial charge in [-0.25, -0.2) is 4.98 Å². The molecule has 2 aromatic heterocycles. The molecule has 0 radical (unpaired) electrons. The third kappa shape index (κ3) is 2.36. The molecule has 0 unspecified atom stereocenters. The molecule has 1 aliphatic rings. The first-order chi connectivity index (χ1) is 10.1. The van der Waals surface area contributed by atoms with E-state index in [4.69, 9.17) is 10.5 Å². The molecule has 7 nitrogen and oxygen atoms in total. The van der Waals surface area contributed by atoms with Gasteiger partial charge in [0.15, 0.2) is 0 Å². The van der Waals surface area contributed by atoms with Crippen LogP contribution in [0.15, 0.2) is 23.1 Å². The van der Waals surface area contributed by atoms with Gasteiger partial charge in [0.25, 0.3) is 11.5 Å². The van der Waals surface area contributed by atoms with Crippen LogP contribution in [-0.4, -0.2) is 41.6 Å². The number of aromatic nitrogens is 2. The highest BCUT2D eigenvalue weighted by Crippen LogP contribution is 2.16. The maximum absolute atomic E-state index is 12.4. The molecule has 1 saturated heterocycles. The number of rotatable bonds is 2. The molecule has 0 aliphatic carbocycles. The molecule has 0 saturated carbocycles. The number of primary amides is 1. The first-order valence-electron chi connectivity index (χ1n) is 6.73. The van der Waals surface area contributed by atoms with Crippen LogP contribution in [0.2, 0.25) is 0 Å². The van der Waals surface area contributed by atoms with E-state index in [2.05, 4.69) is 9.88 Å². The highest BCUT2D eigenvalue weighted by Gasteiger charge is 2.15. The summed E-state index contributed by atoms with van der Waals surface area (Å²) in [5.41, 5.74) is 6.61. The van der Waals surface area contributed by atoms with Crippen LogP contribution in [0.4, 0.5) is 5.69 Å². The Bertz CT molecular complexity index is 763. The molecule has 1 aliphatic heterocycles. The molecular weight excluding hydrogens is 272 g/mol. The lowest BCUT2D eigenvalue weighted by Crippen LogP contribution is -2.36. The average Bonchev–Trinajstić information content (AvgIpc) is 2.51. The summed E-state index contributed by atoms with van der Waals surface area (Å²) >= 11 is 0. The van der Waals surface area contributed by atoms with E-state index in [0.29, 0.717) is 18.9 Å². The smallest absolute Gasteiger partial charge is 0.267 e. The zero-order valence-corrected chi connectivity index (χ0v) is 11.7. The molecule has 0 aromatic carbocycles. The number of nitrogens with two attached hydrogens (primary N) is 1. The lowest BCUT2D eigenvalue weighted by atomic mass is 10.2. The Morgan fingerprint density at radius 3 is 2.71 bits per heavy atom. The van der Waals surface area contributed by atoms with Gasteiger partial charge in [0.05, 0.1) is 18.9 Å². The number of pyridine rings is 1. The van der Waals surface area contributed by atoms with Crippen molar-refractivity contribution in [3.05, 3.63) is 39.9 Å². The van der Waals surface area contributed by atoms with Gasteiger partial charge in [-0.05, 0) is 19.1 Å². The second kappa shape index (κ2) is 5.17. The summed E-state index contributed by atoms with van der Waals surface area (Å²) in [5.74, 6) is -0.690. The van der Waals surface area contributed by atoms with Crippen LogP contribution in [-0.2, 0) is 4.74 Å². The normalized spacial score (nSPS) is 15.4. The Hall–Kier alpha value is -2.41. The number of anilines is 1. The molecule has 2 aromatic rings. The first-order valence-corrected chi connectivity index (χ1v) is 6.73. The Morgan fingerprint density at radius 2 is 2.05 bits per heavy atom. The molecule has 2 N–H and O–H groups in total. The van der Waals surface area contributed by atoms with E-state index in [9.17, 15) is 9.59 Å². The highest BCUT2D eigenvalue weighted by molar-refractivity contribution is 5.92. The molecule has 3 heterocycles. The zero-order chi connectivity index (χ0) is 15.0. The van der Waals surface area contributed by atoms with E-state index in [0.717, 1.165) is 18.8 Å². The van der Waals surface area contributed by atoms with Crippen molar-refractivity contribution in [1.82, 2.24) is 9.38 Å². The summed E-state index contributed by atoms with van der Waals surface area (Å²) in [5, 5.41) is 0. The van der Waals surface area contributed by atoms with Crippen molar-refractivity contribution in [2.45, 2.75) is 6.92 Å². The van der Waals surface area contributed by atoms with Crippen molar-refractivity contribution in [2.75, 3.05) is 31.2 Å². The average molecular weight is 288 g/mol. The van der Waals surface area contributed by atoms with E-state index in [1.165, 1.54) is 4.40 Å². The molecule has 1 amide bonds. The summed E-state index contributed by atoms with van der Waals surface area (Å²) < 4.78 is 6.77. The van der Waals surface area contributed by atoms with Crippen LogP contribution in [0, 0.1) is 6.92 Å². The third-order valence-electron chi connectivity index (χ3n) is 3.64. The minimum atomic E-state index is -0.690. The maximum Gasteiger partial charge on any atom is 0.267 e. The van der Waals surface area contributed by atoms with Gasteiger partial charge in [0.1, 0.15) is 11.3 Å². The van der Waals surface area contributed by atoms with Crippen molar-refractivity contribution in [2.24, 2.45) is 5.73 Å². The van der Waals surface area contributed by atoms with Crippen molar-refractivity contribution in [1.29, 1.82) is 0 Å². The number of hydrogen-bond donors (Lipinski definition) is 1. The summed E-state index contributed by atoms with van der Waals surface area (Å²) in [6.45, 7) is 4.47. The topological polar surface area (TPSA) is 89.9 Å². The van der Waals surface area contributed by atoms with Crippen LogP contribution < -0.4 is 16.2 Å². The summed E-state index contributed by atoms with van der Waals surface area (Å²) in [6, 6.07) is 3.60. The van der Waals surface area contributed by atoms with Crippen molar-refractivity contribution >= 4 is 17.2 Å². The van der Waals surface area contributed by atoms with Crippen LogP contribution in [0.3, 0.4) is 0 Å². The minimum Gasteiger partial charge on any atom is -0.378 e. The van der Waals surface area contributed by atoms with Gasteiger partial charge in [-0.15, -0.1) is 0 Å². The van der Waals surface area contributed by atoms with Crippen LogP contribution in [0.5, 0.6) is 0 Å². The van der Waals surface area contributed by atoms with E-state index >= 15 is 0 Å². The van der Waals surface area contributed by atoms with Gasteiger partial charge in [0, 0.05) is 24.8 Å². The second-order valence-corrected chi connectivity index (χ2v) is 4.97. The second-order valence-electron chi connectivity index (χ2n) is 4.97. The molecule has 0 atom stereocenters. The minimum absolute atomic E-state index is 0.0270. The van der Waals surface area contributed by atoms with E-state index < -0.39 is 5.91 Å². The van der Waals surface area contributed by atoms with Gasteiger partial charge >= 0.3 is 0 Å². The Labute approximate surface area is 120 Å². The third-order valence-corrected chi connectivity index (χ3v) is 3.64. The van der Waals surface area contributed by atoms with Gasteiger partial charge in [0.2, 0.25) is 0 Å². The number of amides is 1. The van der Waals surface area contributed by atoms with E-state index in [-0.39, 0.29) is 16.8 Å². The fourth-order valence-corrected chi connectivity index (χ4v) is 2.46. The molecule has 1 fully saturated rings. The Morgan fingerprint density at radius 1 is 1.33 bits per heavy atom. The Balaban J connectivity index is 2.13. The van der Waals surface area contributed by atoms with Crippen molar-refractivity contribution in [3.8, 4) is 0 Å². The van der Waals surface area contributed by atoms with Crippen LogP contribution in [0.1, 0.15) is 16.1 Å². The standard InChI is InChI=1S/C14H16N4O3/c1-9-12(13(15)19)16-11-3-2-10(8-18(11)14(9)20)17-4-6-21-7-5-17/h2-3,8H,4-7H2,1H3,(H2,15,19). The first kappa shape index (κ1) is 13.6. The molecular formula is C14H16N4O3. The van der Waals surface area contributed by atoms with Crippen LogP contribution in [0.25, 0.3) is 5.65 Å². The molecule has 0 bridgehead atoms. The molecule has 7 heteroatoms. The quantitative estimate of drug-likeness (QED) is 0.836. The molecule has 0 spiro atoms. The van der Waals surface area contributed by atoms with Gasteiger partial charge < -0.3 is 15.4 Å². The van der Waals surface area contributed by atoms with Crippen molar-refractivity contribution < 1.29 is 9.53 Å². The number of nitrogens with zero attached hydrogens (tertiary/aromatic N) is 3. The van der Waals surface area contributed by atoms with Crippen molar-refractivity contribution in [3.63, 3.8) is 0 Å². The zero-order valence-electron chi connectivity index (χ0n) is 11.7. The lowest BCUT2D eigenvalue weighted by molar-refractivity contribution is 0.0995. The number of morpholine rings is 1. The summed E-state index contributed by atoms with van der Waals surface area (Å²) in [7, 11) is 0. The summed E-state index contributed by atoms with van der Waals surface area (Å²) in [4.78, 5) is 30.0. The highest BCUT2D eigenvalue weighted by atomic mass is 16.5. The predicted octanol–water partition coefficient (Wildman–Crippen LogP) is -0.0616. The summed E-state index contributed by atoms with van der Waals surface area (Å²) in [6.07, 6.45) is 1.74. The van der Waals surface area contributed by atoms with Crippen LogP contribution >= 0.6 is 0 Å². The molecule has 21 heavy (non-hydrogen) atoms. The predicted molar refractivity (Wildman–Crippen MR) is 77.7 cm³/mol. The fraction of sp³-hybridized carbons (Fsp3) is 0.357. The number of hydrogen-bond acceptors (Lipinski definition) is 5. The van der Waals surface area contributed by atoms with Gasteiger partial charge in [-0.1, -0.05) is 0 Å². The van der Waals surface area contributed by atoms with Gasteiger partial charge in [-0.2, -0.15) is 0 Å². The molecule has 110 valence electrons.